The van der Waals surface area contributed by atoms with Gasteiger partial charge in [-0.3, -0.25) is 0 Å². The van der Waals surface area contributed by atoms with E-state index in [2.05, 4.69) is 5.32 Å². The van der Waals surface area contributed by atoms with Crippen molar-refractivity contribution in [1.29, 1.82) is 0 Å². The van der Waals surface area contributed by atoms with Crippen LogP contribution < -0.4 is 11.1 Å². The molecular weight excluding hydrogens is 254 g/mol. The van der Waals surface area contributed by atoms with Crippen molar-refractivity contribution in [2.45, 2.75) is 50.2 Å². The van der Waals surface area contributed by atoms with Gasteiger partial charge in [-0.1, -0.05) is 0 Å². The molecular formula is C15H27N3O2. The fourth-order valence-electron chi connectivity index (χ4n) is 3.96. The van der Waals surface area contributed by atoms with Gasteiger partial charge in [-0.2, -0.15) is 0 Å². The van der Waals surface area contributed by atoms with Crippen LogP contribution in [0.1, 0.15) is 38.5 Å². The van der Waals surface area contributed by atoms with E-state index in [-0.39, 0.29) is 11.6 Å². The summed E-state index contributed by atoms with van der Waals surface area (Å²) in [6.45, 7) is 2.38. The molecule has 2 atom stereocenters. The molecule has 0 aromatic rings. The van der Waals surface area contributed by atoms with Crippen molar-refractivity contribution in [2.24, 2.45) is 17.6 Å². The van der Waals surface area contributed by atoms with E-state index in [1.54, 1.807) is 7.11 Å². The molecule has 1 heterocycles. The number of urea groups is 1. The van der Waals surface area contributed by atoms with Crippen molar-refractivity contribution >= 4 is 6.03 Å². The highest BCUT2D eigenvalue weighted by atomic mass is 16.5. The average Bonchev–Trinajstić information content (AvgIpc) is 2.69. The summed E-state index contributed by atoms with van der Waals surface area (Å²) in [5, 5.41) is 3.10. The molecule has 0 spiro atoms. The number of carbonyl (C=O) groups excluding carboxylic acids is 1. The van der Waals surface area contributed by atoms with Gasteiger partial charge in [0.1, 0.15) is 0 Å². The van der Waals surface area contributed by atoms with Crippen LogP contribution >= 0.6 is 0 Å². The summed E-state index contributed by atoms with van der Waals surface area (Å²) in [4.78, 5) is 14.1. The molecule has 2 aliphatic carbocycles. The number of methoxy groups -OCH3 is 1. The number of nitrogens with zero attached hydrogens (tertiary/aromatic N) is 1. The van der Waals surface area contributed by atoms with Gasteiger partial charge in [-0.15, -0.1) is 0 Å². The number of fused-ring (bicyclic) bond motifs is 1. The molecule has 3 rings (SSSR count). The van der Waals surface area contributed by atoms with Crippen LogP contribution in [0.15, 0.2) is 0 Å². The molecule has 2 amide bonds. The second-order valence-electron chi connectivity index (χ2n) is 6.91. The topological polar surface area (TPSA) is 67.6 Å². The van der Waals surface area contributed by atoms with Crippen molar-refractivity contribution in [1.82, 2.24) is 10.2 Å². The minimum Gasteiger partial charge on any atom is -0.381 e. The van der Waals surface area contributed by atoms with Crippen LogP contribution in [0.4, 0.5) is 4.79 Å². The van der Waals surface area contributed by atoms with Gasteiger partial charge in [0.05, 0.1) is 6.10 Å². The molecule has 0 radical (unpaired) electrons. The van der Waals surface area contributed by atoms with Crippen LogP contribution in [0.25, 0.3) is 0 Å². The zero-order valence-corrected chi connectivity index (χ0v) is 12.4. The van der Waals surface area contributed by atoms with Crippen LogP contribution in [0.3, 0.4) is 0 Å². The lowest BCUT2D eigenvalue weighted by atomic mass is 9.70. The summed E-state index contributed by atoms with van der Waals surface area (Å²) >= 11 is 0. The number of ether oxygens (including phenoxy) is 1. The first kappa shape index (κ1) is 14.1. The van der Waals surface area contributed by atoms with E-state index < -0.39 is 0 Å². The highest BCUT2D eigenvalue weighted by molar-refractivity contribution is 5.74. The molecule has 114 valence electrons. The van der Waals surface area contributed by atoms with Crippen molar-refractivity contribution in [3.8, 4) is 0 Å². The summed E-state index contributed by atoms with van der Waals surface area (Å²) in [7, 11) is 1.79. The molecule has 3 fully saturated rings. The highest BCUT2D eigenvalue weighted by Gasteiger charge is 2.51. The molecule has 0 unspecified atom stereocenters. The number of hydrogen-bond acceptors (Lipinski definition) is 3. The van der Waals surface area contributed by atoms with Crippen molar-refractivity contribution in [2.75, 3.05) is 26.7 Å². The number of hydrogen-bond donors (Lipinski definition) is 2. The molecule has 3 N–H and O–H groups in total. The lowest BCUT2D eigenvalue weighted by Gasteiger charge is -2.39. The van der Waals surface area contributed by atoms with Gasteiger partial charge >= 0.3 is 6.03 Å². The number of carbonyl (C=O) groups is 1. The summed E-state index contributed by atoms with van der Waals surface area (Å²) in [5.41, 5.74) is 6.19. The Kier molecular flexibility index (Phi) is 3.91. The third-order valence-corrected chi connectivity index (χ3v) is 5.65. The number of likely N-dealkylation sites (tertiary alicyclic amines) is 1. The molecule has 3 aliphatic rings. The van der Waals surface area contributed by atoms with Crippen LogP contribution in [0.2, 0.25) is 0 Å². The van der Waals surface area contributed by atoms with Crippen LogP contribution in [-0.4, -0.2) is 49.3 Å². The van der Waals surface area contributed by atoms with E-state index >= 15 is 0 Å². The second-order valence-corrected chi connectivity index (χ2v) is 6.91. The van der Waals surface area contributed by atoms with Gasteiger partial charge in [-0.25, -0.2) is 4.79 Å². The lowest BCUT2D eigenvalue weighted by molar-refractivity contribution is 0.0569. The Hall–Kier alpha value is -0.810. The fourth-order valence-corrected chi connectivity index (χ4v) is 3.96. The quantitative estimate of drug-likeness (QED) is 0.820. The van der Waals surface area contributed by atoms with E-state index in [9.17, 15) is 4.79 Å². The fraction of sp³-hybridized carbons (Fsp3) is 0.933. The van der Waals surface area contributed by atoms with E-state index in [1.165, 1.54) is 6.42 Å². The molecule has 0 bridgehead atoms. The molecule has 0 aromatic heterocycles. The Morgan fingerprint density at radius 2 is 2.10 bits per heavy atom. The average molecular weight is 281 g/mol. The number of rotatable bonds is 3. The van der Waals surface area contributed by atoms with Crippen molar-refractivity contribution in [3.63, 3.8) is 0 Å². The Bertz CT molecular complexity index is 368. The first-order valence-electron chi connectivity index (χ1n) is 7.95. The zero-order chi connectivity index (χ0) is 14.2. The van der Waals surface area contributed by atoms with Gasteiger partial charge in [-0.05, 0) is 50.4 Å². The minimum absolute atomic E-state index is 0.0755. The molecule has 1 saturated heterocycles. The molecule has 0 aromatic carbocycles. The summed E-state index contributed by atoms with van der Waals surface area (Å²) in [5.74, 6) is 1.14. The maximum atomic E-state index is 12.2. The zero-order valence-electron chi connectivity index (χ0n) is 12.4. The Labute approximate surface area is 121 Å². The van der Waals surface area contributed by atoms with E-state index in [0.717, 1.165) is 51.7 Å². The van der Waals surface area contributed by atoms with E-state index in [0.29, 0.717) is 17.9 Å². The highest BCUT2D eigenvalue weighted by Crippen LogP contribution is 2.42. The van der Waals surface area contributed by atoms with Crippen LogP contribution in [0.5, 0.6) is 0 Å². The second kappa shape index (κ2) is 5.53. The van der Waals surface area contributed by atoms with Gasteiger partial charge < -0.3 is 20.7 Å². The normalized spacial score (nSPS) is 40.1. The standard InChI is InChI=1S/C15H27N3O2/c1-20-13-4-2-11(3-5-13)8-17-14(19)18-9-12-6-7-15(12,16)10-18/h11-13H,2-10,16H2,1H3,(H,17,19)/t11?,12-,13?,15-/m0/s1. The molecule has 20 heavy (non-hydrogen) atoms. The van der Waals surface area contributed by atoms with Crippen LogP contribution in [-0.2, 0) is 4.74 Å². The van der Waals surface area contributed by atoms with Gasteiger partial charge in [0, 0.05) is 32.3 Å². The summed E-state index contributed by atoms with van der Waals surface area (Å²) < 4.78 is 5.38. The maximum absolute atomic E-state index is 12.2. The Morgan fingerprint density at radius 1 is 1.35 bits per heavy atom. The molecule has 2 saturated carbocycles. The number of nitrogens with two attached hydrogens (primary N) is 1. The predicted molar refractivity (Wildman–Crippen MR) is 77.4 cm³/mol. The monoisotopic (exact) mass is 281 g/mol. The first-order valence-corrected chi connectivity index (χ1v) is 7.95. The summed E-state index contributed by atoms with van der Waals surface area (Å²) in [6, 6.07) is 0.0816. The minimum atomic E-state index is -0.0755. The number of amides is 2. The lowest BCUT2D eigenvalue weighted by Crippen LogP contribution is -2.55. The Morgan fingerprint density at radius 3 is 2.60 bits per heavy atom. The first-order chi connectivity index (χ1) is 9.60. The Balaban J connectivity index is 1.40. The van der Waals surface area contributed by atoms with Crippen molar-refractivity contribution in [3.05, 3.63) is 0 Å². The third-order valence-electron chi connectivity index (χ3n) is 5.65. The predicted octanol–water partition coefficient (Wildman–Crippen LogP) is 1.32. The molecule has 5 nitrogen and oxygen atoms in total. The largest absolute Gasteiger partial charge is 0.381 e. The van der Waals surface area contributed by atoms with Gasteiger partial charge in [0.25, 0.3) is 0 Å². The number of nitrogens with one attached hydrogen (secondary N) is 1. The van der Waals surface area contributed by atoms with Crippen molar-refractivity contribution < 1.29 is 9.53 Å². The third kappa shape index (κ3) is 2.66. The van der Waals surface area contributed by atoms with E-state index in [1.807, 2.05) is 4.90 Å². The smallest absolute Gasteiger partial charge is 0.317 e. The SMILES string of the molecule is COC1CCC(CNC(=O)N2C[C@@H]3CC[C@]3(N)C2)CC1. The van der Waals surface area contributed by atoms with Crippen LogP contribution in [0, 0.1) is 11.8 Å². The molecule has 5 heteroatoms. The maximum Gasteiger partial charge on any atom is 0.317 e. The molecule has 1 aliphatic heterocycles. The summed E-state index contributed by atoms with van der Waals surface area (Å²) in [6.07, 6.45) is 7.23. The van der Waals surface area contributed by atoms with Gasteiger partial charge in [0.15, 0.2) is 0 Å². The van der Waals surface area contributed by atoms with Gasteiger partial charge in [0.2, 0.25) is 0 Å². The van der Waals surface area contributed by atoms with E-state index in [4.69, 9.17) is 10.5 Å².